The summed E-state index contributed by atoms with van der Waals surface area (Å²) in [5.41, 5.74) is 3.29. The average molecular weight is 344 g/mol. The van der Waals surface area contributed by atoms with Gasteiger partial charge < -0.3 is 14.7 Å². The molecule has 0 bridgehead atoms. The zero-order valence-electron chi connectivity index (χ0n) is 13.7. The van der Waals surface area contributed by atoms with E-state index in [1.54, 1.807) is 16.8 Å². The first-order chi connectivity index (χ1) is 12.0. The molecular formula is C19H18F2N2O2. The van der Waals surface area contributed by atoms with Crippen molar-refractivity contribution < 1.29 is 18.6 Å². The predicted octanol–water partition coefficient (Wildman–Crippen LogP) is 4.32. The Morgan fingerprint density at radius 2 is 2.00 bits per heavy atom. The Kier molecular flexibility index (Phi) is 3.75. The average Bonchev–Trinajstić information content (AvgIpc) is 2.91. The van der Waals surface area contributed by atoms with E-state index in [2.05, 4.69) is 28.8 Å². The fourth-order valence-corrected chi connectivity index (χ4v) is 3.47. The van der Waals surface area contributed by atoms with Crippen molar-refractivity contribution in [2.24, 2.45) is 0 Å². The molecule has 0 amide bonds. The highest BCUT2D eigenvalue weighted by Crippen LogP contribution is 2.35. The molecule has 1 aliphatic rings. The SMILES string of the molecule is CN1CCCc2cc(-n3cc4ccc(OC(F)F)cc4c3O)ccc21. The van der Waals surface area contributed by atoms with Crippen molar-refractivity contribution in [2.75, 3.05) is 18.5 Å². The topological polar surface area (TPSA) is 37.6 Å². The molecule has 3 aromatic rings. The van der Waals surface area contributed by atoms with Crippen LogP contribution in [0.3, 0.4) is 0 Å². The Bertz CT molecular complexity index is 937. The summed E-state index contributed by atoms with van der Waals surface area (Å²) in [6.45, 7) is -1.85. The first-order valence-electron chi connectivity index (χ1n) is 8.16. The van der Waals surface area contributed by atoms with Crippen LogP contribution in [0.25, 0.3) is 16.5 Å². The number of anilines is 1. The summed E-state index contributed by atoms with van der Waals surface area (Å²) in [5, 5.41) is 11.8. The van der Waals surface area contributed by atoms with Gasteiger partial charge in [0.25, 0.3) is 0 Å². The second-order valence-electron chi connectivity index (χ2n) is 6.29. The molecule has 0 fully saturated rings. The summed E-state index contributed by atoms with van der Waals surface area (Å²) in [7, 11) is 2.07. The third kappa shape index (κ3) is 2.77. The molecule has 0 aliphatic carbocycles. The number of benzene rings is 2. The van der Waals surface area contributed by atoms with Crippen LogP contribution in [-0.4, -0.2) is 29.9 Å². The Morgan fingerprint density at radius 1 is 1.16 bits per heavy atom. The zero-order valence-corrected chi connectivity index (χ0v) is 13.7. The van der Waals surface area contributed by atoms with Crippen molar-refractivity contribution in [3.63, 3.8) is 0 Å². The Morgan fingerprint density at radius 3 is 2.80 bits per heavy atom. The van der Waals surface area contributed by atoms with E-state index >= 15 is 0 Å². The van der Waals surface area contributed by atoms with E-state index in [9.17, 15) is 13.9 Å². The maximum atomic E-state index is 12.4. The summed E-state index contributed by atoms with van der Waals surface area (Å²) in [6.07, 6.45) is 3.90. The van der Waals surface area contributed by atoms with Crippen LogP contribution in [0.4, 0.5) is 14.5 Å². The van der Waals surface area contributed by atoms with Crippen LogP contribution in [0, 0.1) is 0 Å². The molecule has 0 atom stereocenters. The van der Waals surface area contributed by atoms with Gasteiger partial charge in [-0.1, -0.05) is 0 Å². The van der Waals surface area contributed by atoms with Gasteiger partial charge in [0.05, 0.1) is 0 Å². The monoisotopic (exact) mass is 344 g/mol. The molecule has 4 nitrogen and oxygen atoms in total. The van der Waals surface area contributed by atoms with Crippen LogP contribution in [0.15, 0.2) is 42.6 Å². The molecule has 6 heteroatoms. The molecule has 4 rings (SSSR count). The van der Waals surface area contributed by atoms with E-state index in [0.717, 1.165) is 30.5 Å². The molecule has 1 aromatic heterocycles. The molecule has 130 valence electrons. The van der Waals surface area contributed by atoms with E-state index in [4.69, 9.17) is 0 Å². The number of ether oxygens (including phenoxy) is 1. The second-order valence-corrected chi connectivity index (χ2v) is 6.29. The van der Waals surface area contributed by atoms with Gasteiger partial charge in [-0.3, -0.25) is 4.57 Å². The minimum Gasteiger partial charge on any atom is -0.494 e. The minimum atomic E-state index is -2.89. The number of aromatic hydroxyl groups is 1. The number of nitrogens with zero attached hydrogens (tertiary/aromatic N) is 2. The molecule has 0 radical (unpaired) electrons. The summed E-state index contributed by atoms with van der Waals surface area (Å²) in [4.78, 5) is 2.22. The van der Waals surface area contributed by atoms with Gasteiger partial charge >= 0.3 is 6.61 Å². The quantitative estimate of drug-likeness (QED) is 0.769. The molecule has 1 aliphatic heterocycles. The van der Waals surface area contributed by atoms with Gasteiger partial charge in [0.2, 0.25) is 5.88 Å². The molecule has 2 heterocycles. The van der Waals surface area contributed by atoms with Gasteiger partial charge in [-0.05, 0) is 54.8 Å². The van der Waals surface area contributed by atoms with Crippen LogP contribution < -0.4 is 9.64 Å². The predicted molar refractivity (Wildman–Crippen MR) is 93.2 cm³/mol. The maximum Gasteiger partial charge on any atom is 0.387 e. The molecule has 0 spiro atoms. The lowest BCUT2D eigenvalue weighted by Gasteiger charge is -2.27. The van der Waals surface area contributed by atoms with Gasteiger partial charge in [-0.2, -0.15) is 8.78 Å². The summed E-state index contributed by atoms with van der Waals surface area (Å²) < 4.78 is 30.9. The summed E-state index contributed by atoms with van der Waals surface area (Å²) in [5.74, 6) is 0.0430. The molecular weight excluding hydrogens is 326 g/mol. The summed E-state index contributed by atoms with van der Waals surface area (Å²) >= 11 is 0. The van der Waals surface area contributed by atoms with Crippen LogP contribution in [-0.2, 0) is 6.42 Å². The molecule has 0 saturated carbocycles. The van der Waals surface area contributed by atoms with E-state index < -0.39 is 6.61 Å². The normalized spacial score (nSPS) is 14.2. The first kappa shape index (κ1) is 15.7. The highest BCUT2D eigenvalue weighted by atomic mass is 19.3. The van der Waals surface area contributed by atoms with Gasteiger partial charge in [-0.15, -0.1) is 0 Å². The maximum absolute atomic E-state index is 12.4. The molecule has 0 saturated heterocycles. The van der Waals surface area contributed by atoms with Gasteiger partial charge in [0.1, 0.15) is 5.75 Å². The lowest BCUT2D eigenvalue weighted by Crippen LogP contribution is -2.24. The second kappa shape index (κ2) is 5.95. The summed E-state index contributed by atoms with van der Waals surface area (Å²) in [6, 6.07) is 10.6. The van der Waals surface area contributed by atoms with Crippen LogP contribution >= 0.6 is 0 Å². The fraction of sp³-hybridized carbons (Fsp3) is 0.263. The smallest absolute Gasteiger partial charge is 0.387 e. The van der Waals surface area contributed by atoms with Gasteiger partial charge in [0.15, 0.2) is 0 Å². The number of halogens is 2. The van der Waals surface area contributed by atoms with Gasteiger partial charge in [0, 0.05) is 41.9 Å². The van der Waals surface area contributed by atoms with Crippen molar-refractivity contribution in [1.82, 2.24) is 4.57 Å². The van der Waals surface area contributed by atoms with Crippen LogP contribution in [0.1, 0.15) is 12.0 Å². The van der Waals surface area contributed by atoms with Crippen molar-refractivity contribution in [2.45, 2.75) is 19.5 Å². The van der Waals surface area contributed by atoms with Crippen molar-refractivity contribution in [3.8, 4) is 17.3 Å². The van der Waals surface area contributed by atoms with E-state index in [0.29, 0.717) is 5.39 Å². The minimum absolute atomic E-state index is 0.0128. The fourth-order valence-electron chi connectivity index (χ4n) is 3.47. The number of hydrogen-bond acceptors (Lipinski definition) is 3. The van der Waals surface area contributed by atoms with Crippen LogP contribution in [0.5, 0.6) is 11.6 Å². The molecule has 0 unspecified atom stereocenters. The molecule has 1 N–H and O–H groups in total. The number of rotatable bonds is 3. The van der Waals surface area contributed by atoms with Gasteiger partial charge in [-0.25, -0.2) is 0 Å². The number of hydrogen-bond donors (Lipinski definition) is 1. The lowest BCUT2D eigenvalue weighted by atomic mass is 10.0. The third-order valence-corrected chi connectivity index (χ3v) is 4.68. The van der Waals surface area contributed by atoms with Crippen molar-refractivity contribution >= 4 is 16.5 Å². The third-order valence-electron chi connectivity index (χ3n) is 4.68. The van der Waals surface area contributed by atoms with Crippen molar-refractivity contribution in [3.05, 3.63) is 48.2 Å². The van der Waals surface area contributed by atoms with Crippen LogP contribution in [0.2, 0.25) is 0 Å². The number of fused-ring (bicyclic) bond motifs is 2. The Balaban J connectivity index is 1.78. The Hall–Kier alpha value is -2.76. The number of alkyl halides is 2. The lowest BCUT2D eigenvalue weighted by molar-refractivity contribution is -0.0497. The largest absolute Gasteiger partial charge is 0.494 e. The first-order valence-corrected chi connectivity index (χ1v) is 8.16. The molecule has 2 aromatic carbocycles. The van der Waals surface area contributed by atoms with E-state index in [1.807, 2.05) is 6.07 Å². The van der Waals surface area contributed by atoms with E-state index in [-0.39, 0.29) is 11.6 Å². The van der Waals surface area contributed by atoms with E-state index in [1.165, 1.54) is 23.4 Å². The van der Waals surface area contributed by atoms with Crippen molar-refractivity contribution in [1.29, 1.82) is 0 Å². The number of aromatic nitrogens is 1. The standard InChI is InChI=1S/C19H18F2N2O2/c1-22-8-2-3-12-9-14(5-7-17(12)22)23-11-13-4-6-15(25-19(20)21)10-16(13)18(23)24/h4-7,9-11,19,24H,2-3,8H2,1H3. The highest BCUT2D eigenvalue weighted by molar-refractivity contribution is 5.90. The zero-order chi connectivity index (χ0) is 17.6. The Labute approximate surface area is 143 Å². The number of aryl methyl sites for hydroxylation is 1. The molecule has 25 heavy (non-hydrogen) atoms. The highest BCUT2D eigenvalue weighted by Gasteiger charge is 2.17.